The average Bonchev–Trinajstić information content (AvgIpc) is 3.22. The predicted molar refractivity (Wildman–Crippen MR) is 125 cm³/mol. The number of para-hydroxylation sites is 1. The Labute approximate surface area is 195 Å². The van der Waals surface area contributed by atoms with E-state index in [2.05, 4.69) is 0 Å². The van der Waals surface area contributed by atoms with Crippen LogP contribution >= 0.6 is 0 Å². The summed E-state index contributed by atoms with van der Waals surface area (Å²) in [5.74, 6) is -0.0587. The first-order valence-corrected chi connectivity index (χ1v) is 11.1. The number of carbonyl (C=O) groups is 1. The van der Waals surface area contributed by atoms with E-state index in [0.29, 0.717) is 31.9 Å². The van der Waals surface area contributed by atoms with Crippen LogP contribution in [0.5, 0.6) is 0 Å². The van der Waals surface area contributed by atoms with Crippen molar-refractivity contribution in [1.29, 1.82) is 0 Å². The summed E-state index contributed by atoms with van der Waals surface area (Å²) in [6.45, 7) is 1.95. The first-order valence-electron chi connectivity index (χ1n) is 11.1. The maximum atomic E-state index is 13.1. The number of anilines is 1. The molecule has 1 amide bonds. The van der Waals surface area contributed by atoms with Crippen LogP contribution in [0.3, 0.4) is 0 Å². The molecule has 0 radical (unpaired) electrons. The number of halogens is 3. The Bertz CT molecular complexity index is 1310. The van der Waals surface area contributed by atoms with Crippen molar-refractivity contribution in [2.75, 3.05) is 31.1 Å². The second-order valence-corrected chi connectivity index (χ2v) is 8.31. The fourth-order valence-electron chi connectivity index (χ4n) is 4.38. The summed E-state index contributed by atoms with van der Waals surface area (Å²) >= 11 is 0. The highest BCUT2D eigenvalue weighted by Gasteiger charge is 2.31. The van der Waals surface area contributed by atoms with Gasteiger partial charge in [-0.2, -0.15) is 18.3 Å². The highest BCUT2D eigenvalue weighted by Crippen LogP contribution is 2.32. The van der Waals surface area contributed by atoms with E-state index in [4.69, 9.17) is 5.10 Å². The summed E-state index contributed by atoms with van der Waals surface area (Å²) in [6, 6.07) is 23.0. The summed E-state index contributed by atoms with van der Waals surface area (Å²) in [4.78, 5) is 16.7. The van der Waals surface area contributed by atoms with Gasteiger partial charge in [0.25, 0.3) is 0 Å². The number of aromatic nitrogens is 2. The molecule has 4 aromatic rings. The van der Waals surface area contributed by atoms with Crippen molar-refractivity contribution >= 4 is 22.5 Å². The quantitative estimate of drug-likeness (QED) is 0.424. The van der Waals surface area contributed by atoms with Gasteiger partial charge in [-0.3, -0.25) is 9.48 Å². The monoisotopic (exact) mass is 464 g/mol. The molecule has 5 nitrogen and oxygen atoms in total. The molecule has 1 aliphatic rings. The molecule has 0 atom stereocenters. The molecule has 0 bridgehead atoms. The normalized spacial score (nSPS) is 14.6. The molecular weight excluding hydrogens is 441 g/mol. The Kier molecular flexibility index (Phi) is 5.73. The van der Waals surface area contributed by atoms with Crippen LogP contribution in [0.1, 0.15) is 5.56 Å². The summed E-state index contributed by atoms with van der Waals surface area (Å²) in [6.07, 6.45) is -4.38. The number of carbonyl (C=O) groups excluding carboxylic acids is 1. The second-order valence-electron chi connectivity index (χ2n) is 8.31. The van der Waals surface area contributed by atoms with Crippen LogP contribution in [0.4, 0.5) is 18.9 Å². The lowest BCUT2D eigenvalue weighted by Crippen LogP contribution is -2.49. The third-order valence-electron chi connectivity index (χ3n) is 6.16. The van der Waals surface area contributed by atoms with Gasteiger partial charge < -0.3 is 9.80 Å². The highest BCUT2D eigenvalue weighted by atomic mass is 19.4. The summed E-state index contributed by atoms with van der Waals surface area (Å²) in [5.41, 5.74) is 2.56. The van der Waals surface area contributed by atoms with Gasteiger partial charge >= 0.3 is 6.18 Å². The molecule has 3 aromatic carbocycles. The first-order chi connectivity index (χ1) is 16.4. The van der Waals surface area contributed by atoms with Crippen LogP contribution in [0.2, 0.25) is 0 Å². The molecule has 0 saturated carbocycles. The van der Waals surface area contributed by atoms with E-state index in [1.54, 1.807) is 15.6 Å². The fourth-order valence-corrected chi connectivity index (χ4v) is 4.38. The number of benzene rings is 3. The number of fused-ring (bicyclic) bond motifs is 1. The van der Waals surface area contributed by atoms with E-state index in [1.807, 2.05) is 59.5 Å². The number of nitrogens with zero attached hydrogens (tertiary/aromatic N) is 4. The van der Waals surface area contributed by atoms with Crippen LogP contribution in [0, 0.1) is 0 Å². The molecule has 0 unspecified atom stereocenters. The number of rotatable bonds is 4. The highest BCUT2D eigenvalue weighted by molar-refractivity contribution is 5.94. The summed E-state index contributed by atoms with van der Waals surface area (Å²) in [7, 11) is 0. The first kappa shape index (κ1) is 22.0. The molecule has 0 N–H and O–H groups in total. The van der Waals surface area contributed by atoms with Crippen LogP contribution in [0.25, 0.3) is 22.2 Å². The van der Waals surface area contributed by atoms with Gasteiger partial charge in [0.2, 0.25) is 5.91 Å². The Morgan fingerprint density at radius 3 is 2.29 bits per heavy atom. The third-order valence-corrected chi connectivity index (χ3v) is 6.16. The smallest absolute Gasteiger partial charge is 0.368 e. The molecular formula is C26H23F3N4O. The van der Waals surface area contributed by atoms with Crippen molar-refractivity contribution < 1.29 is 18.0 Å². The standard InChI is InChI=1S/C26H23F3N4O/c27-26(28,29)20-9-6-10-21(17-20)31-13-15-32(16-14-31)24(34)18-33-23-12-5-4-11-22(23)25(30-33)19-7-2-1-3-8-19/h1-12,17H,13-16,18H2. The minimum atomic E-state index is -4.38. The Balaban J connectivity index is 1.30. The number of amides is 1. The topological polar surface area (TPSA) is 41.4 Å². The van der Waals surface area contributed by atoms with Crippen LogP contribution in [0.15, 0.2) is 78.9 Å². The predicted octanol–water partition coefficient (Wildman–Crippen LogP) is 5.07. The van der Waals surface area contributed by atoms with E-state index < -0.39 is 11.7 Å². The number of hydrogen-bond donors (Lipinski definition) is 0. The van der Waals surface area contributed by atoms with E-state index in [0.717, 1.165) is 28.2 Å². The lowest BCUT2D eigenvalue weighted by atomic mass is 10.1. The van der Waals surface area contributed by atoms with Gasteiger partial charge in [-0.1, -0.05) is 54.6 Å². The van der Waals surface area contributed by atoms with Crippen molar-refractivity contribution in [1.82, 2.24) is 14.7 Å². The lowest BCUT2D eigenvalue weighted by molar-refractivity contribution is -0.137. The van der Waals surface area contributed by atoms with Crippen LogP contribution < -0.4 is 4.90 Å². The minimum Gasteiger partial charge on any atom is -0.368 e. The molecule has 8 heteroatoms. The maximum absolute atomic E-state index is 13.1. The van der Waals surface area contributed by atoms with Crippen molar-refractivity contribution in [3.8, 4) is 11.3 Å². The van der Waals surface area contributed by atoms with Gasteiger partial charge in [0, 0.05) is 42.8 Å². The van der Waals surface area contributed by atoms with Crippen molar-refractivity contribution in [2.45, 2.75) is 12.7 Å². The lowest BCUT2D eigenvalue weighted by Gasteiger charge is -2.36. The Hall–Kier alpha value is -3.81. The largest absolute Gasteiger partial charge is 0.416 e. The van der Waals surface area contributed by atoms with Gasteiger partial charge in [0.05, 0.1) is 11.1 Å². The number of piperazine rings is 1. The van der Waals surface area contributed by atoms with Crippen molar-refractivity contribution in [3.05, 3.63) is 84.4 Å². The van der Waals surface area contributed by atoms with E-state index in [9.17, 15) is 18.0 Å². The van der Waals surface area contributed by atoms with Gasteiger partial charge in [-0.25, -0.2) is 0 Å². The minimum absolute atomic E-state index is 0.0587. The zero-order valence-electron chi connectivity index (χ0n) is 18.4. The molecule has 1 fully saturated rings. The molecule has 174 valence electrons. The van der Waals surface area contributed by atoms with Gasteiger partial charge in [0.1, 0.15) is 12.2 Å². The zero-order valence-corrected chi connectivity index (χ0v) is 18.4. The van der Waals surface area contributed by atoms with Crippen LogP contribution in [-0.4, -0.2) is 46.8 Å². The second kappa shape index (κ2) is 8.85. The third kappa shape index (κ3) is 4.35. The Morgan fingerprint density at radius 2 is 1.56 bits per heavy atom. The molecule has 2 heterocycles. The molecule has 1 aliphatic heterocycles. The van der Waals surface area contributed by atoms with E-state index in [-0.39, 0.29) is 12.5 Å². The average molecular weight is 464 g/mol. The molecule has 1 saturated heterocycles. The number of alkyl halides is 3. The fraction of sp³-hybridized carbons (Fsp3) is 0.231. The summed E-state index contributed by atoms with van der Waals surface area (Å²) in [5, 5.41) is 5.72. The molecule has 5 rings (SSSR count). The SMILES string of the molecule is O=C(Cn1nc(-c2ccccc2)c2ccccc21)N1CCN(c2cccc(C(F)(F)F)c2)CC1. The van der Waals surface area contributed by atoms with Gasteiger partial charge in [-0.15, -0.1) is 0 Å². The van der Waals surface area contributed by atoms with Crippen LogP contribution in [-0.2, 0) is 17.5 Å². The zero-order chi connectivity index (χ0) is 23.7. The van der Waals surface area contributed by atoms with E-state index >= 15 is 0 Å². The molecule has 0 spiro atoms. The number of hydrogen-bond acceptors (Lipinski definition) is 3. The van der Waals surface area contributed by atoms with E-state index in [1.165, 1.54) is 12.1 Å². The molecule has 0 aliphatic carbocycles. The maximum Gasteiger partial charge on any atom is 0.416 e. The van der Waals surface area contributed by atoms with Crippen molar-refractivity contribution in [3.63, 3.8) is 0 Å². The molecule has 1 aromatic heterocycles. The summed E-state index contributed by atoms with van der Waals surface area (Å²) < 4.78 is 40.9. The molecule has 34 heavy (non-hydrogen) atoms. The van der Waals surface area contributed by atoms with Gasteiger partial charge in [0.15, 0.2) is 0 Å². The van der Waals surface area contributed by atoms with Crippen molar-refractivity contribution in [2.24, 2.45) is 0 Å². The Morgan fingerprint density at radius 1 is 0.853 bits per heavy atom. The van der Waals surface area contributed by atoms with Gasteiger partial charge in [-0.05, 0) is 24.3 Å².